The summed E-state index contributed by atoms with van der Waals surface area (Å²) in [6, 6.07) is 1.80. The maximum Gasteiger partial charge on any atom is 0.134 e. The van der Waals surface area contributed by atoms with Gasteiger partial charge in [-0.1, -0.05) is 18.5 Å². The van der Waals surface area contributed by atoms with Gasteiger partial charge in [-0.15, -0.1) is 11.8 Å². The van der Waals surface area contributed by atoms with E-state index in [1.807, 2.05) is 0 Å². The van der Waals surface area contributed by atoms with Crippen molar-refractivity contribution in [2.24, 2.45) is 0 Å². The number of hydrogen-bond donors (Lipinski definition) is 1. The van der Waals surface area contributed by atoms with Gasteiger partial charge in [0.15, 0.2) is 0 Å². The zero-order valence-electron chi connectivity index (χ0n) is 9.19. The summed E-state index contributed by atoms with van der Waals surface area (Å²) in [4.78, 5) is 8.74. The summed E-state index contributed by atoms with van der Waals surface area (Å²) in [5, 5.41) is 10.6. The average Bonchev–Trinajstić information content (AvgIpc) is 2.99. The van der Waals surface area contributed by atoms with Gasteiger partial charge in [-0.3, -0.25) is 0 Å². The van der Waals surface area contributed by atoms with Crippen LogP contribution in [0.25, 0.3) is 0 Å². The molecule has 1 atom stereocenters. The molecule has 88 valence electrons. The molecule has 2 rings (SSSR count). The average molecular weight is 259 g/mol. The van der Waals surface area contributed by atoms with Crippen LogP contribution in [0.4, 0.5) is 0 Å². The molecular weight excluding hydrogens is 244 g/mol. The second kappa shape index (κ2) is 5.34. The van der Waals surface area contributed by atoms with E-state index in [-0.39, 0.29) is 6.61 Å². The topological polar surface area (TPSA) is 46.0 Å². The van der Waals surface area contributed by atoms with E-state index in [2.05, 4.69) is 16.9 Å². The van der Waals surface area contributed by atoms with Crippen LogP contribution in [0.2, 0.25) is 5.15 Å². The fraction of sp³-hybridized carbons (Fsp3) is 0.636. The van der Waals surface area contributed by atoms with Crippen molar-refractivity contribution in [2.45, 2.75) is 42.4 Å². The third-order valence-corrected chi connectivity index (χ3v) is 3.77. The summed E-state index contributed by atoms with van der Waals surface area (Å²) in [5.41, 5.74) is 0. The van der Waals surface area contributed by atoms with Gasteiger partial charge in [-0.25, -0.2) is 9.97 Å². The molecule has 16 heavy (non-hydrogen) atoms. The van der Waals surface area contributed by atoms with E-state index in [1.54, 1.807) is 17.8 Å². The number of thioether (sulfide) groups is 1. The van der Waals surface area contributed by atoms with Crippen molar-refractivity contribution in [3.63, 3.8) is 0 Å². The van der Waals surface area contributed by atoms with E-state index < -0.39 is 0 Å². The summed E-state index contributed by atoms with van der Waals surface area (Å²) in [6.45, 7) is 2.29. The molecule has 1 aromatic rings. The number of hydrogen-bond acceptors (Lipinski definition) is 4. The Balaban J connectivity index is 2.07. The summed E-state index contributed by atoms with van der Waals surface area (Å²) in [7, 11) is 0. The van der Waals surface area contributed by atoms with Crippen LogP contribution in [0, 0.1) is 0 Å². The minimum absolute atomic E-state index is 0.211. The maximum atomic E-state index is 8.85. The molecule has 1 aliphatic carbocycles. The molecule has 1 N–H and O–H groups in total. The Morgan fingerprint density at radius 2 is 2.31 bits per heavy atom. The van der Waals surface area contributed by atoms with Gasteiger partial charge in [0, 0.05) is 23.8 Å². The van der Waals surface area contributed by atoms with Crippen LogP contribution in [0.1, 0.15) is 37.9 Å². The van der Waals surface area contributed by atoms with Gasteiger partial charge < -0.3 is 5.11 Å². The van der Waals surface area contributed by atoms with E-state index in [0.717, 1.165) is 17.3 Å². The second-order valence-corrected chi connectivity index (χ2v) is 5.95. The molecule has 1 saturated carbocycles. The zero-order valence-corrected chi connectivity index (χ0v) is 10.8. The molecule has 0 radical (unpaired) electrons. The van der Waals surface area contributed by atoms with Gasteiger partial charge in [0.1, 0.15) is 16.0 Å². The Labute approximate surface area is 105 Å². The lowest BCUT2D eigenvalue weighted by Gasteiger charge is -2.09. The predicted molar refractivity (Wildman–Crippen MR) is 66.0 cm³/mol. The number of nitrogens with zero attached hydrogens (tertiary/aromatic N) is 2. The SMILES string of the molecule is CC(CCO)Sc1cc(Cl)nc(C2CC2)n1. The first-order valence-electron chi connectivity index (χ1n) is 5.51. The van der Waals surface area contributed by atoms with Crippen LogP contribution in [0.15, 0.2) is 11.1 Å². The maximum absolute atomic E-state index is 8.85. The summed E-state index contributed by atoms with van der Waals surface area (Å²) in [5.74, 6) is 1.40. The van der Waals surface area contributed by atoms with Crippen LogP contribution in [0.5, 0.6) is 0 Å². The fourth-order valence-electron chi connectivity index (χ4n) is 1.45. The molecule has 3 nitrogen and oxygen atoms in total. The third-order valence-electron chi connectivity index (χ3n) is 2.49. The lowest BCUT2D eigenvalue weighted by molar-refractivity contribution is 0.289. The molecule has 1 aromatic heterocycles. The first kappa shape index (κ1) is 12.1. The highest BCUT2D eigenvalue weighted by molar-refractivity contribution is 7.99. The molecule has 0 aromatic carbocycles. The largest absolute Gasteiger partial charge is 0.396 e. The molecule has 0 bridgehead atoms. The molecule has 1 aliphatic rings. The molecule has 0 aliphatic heterocycles. The van der Waals surface area contributed by atoms with Crippen molar-refractivity contribution >= 4 is 23.4 Å². The Kier molecular flexibility index (Phi) is 4.05. The van der Waals surface area contributed by atoms with Gasteiger partial charge in [0.2, 0.25) is 0 Å². The first-order valence-corrected chi connectivity index (χ1v) is 6.77. The van der Waals surface area contributed by atoms with E-state index >= 15 is 0 Å². The highest BCUT2D eigenvalue weighted by Gasteiger charge is 2.27. The Morgan fingerprint density at radius 3 is 2.94 bits per heavy atom. The van der Waals surface area contributed by atoms with Crippen molar-refractivity contribution in [1.29, 1.82) is 0 Å². The van der Waals surface area contributed by atoms with Crippen LogP contribution < -0.4 is 0 Å². The van der Waals surface area contributed by atoms with Crippen molar-refractivity contribution in [2.75, 3.05) is 6.61 Å². The highest BCUT2D eigenvalue weighted by atomic mass is 35.5. The fourth-order valence-corrected chi connectivity index (χ4v) is 2.66. The van der Waals surface area contributed by atoms with E-state index in [4.69, 9.17) is 16.7 Å². The smallest absolute Gasteiger partial charge is 0.134 e. The molecular formula is C11H15ClN2OS. The number of aromatic nitrogens is 2. The summed E-state index contributed by atoms with van der Waals surface area (Å²) < 4.78 is 0. The van der Waals surface area contributed by atoms with Crippen molar-refractivity contribution in [1.82, 2.24) is 9.97 Å². The van der Waals surface area contributed by atoms with E-state index in [9.17, 15) is 0 Å². The monoisotopic (exact) mass is 258 g/mol. The molecule has 0 amide bonds. The lowest BCUT2D eigenvalue weighted by atomic mass is 10.3. The number of halogens is 1. The molecule has 1 unspecified atom stereocenters. The van der Waals surface area contributed by atoms with Crippen molar-refractivity contribution in [3.05, 3.63) is 17.0 Å². The van der Waals surface area contributed by atoms with Crippen LogP contribution in [0.3, 0.4) is 0 Å². The van der Waals surface area contributed by atoms with Gasteiger partial charge in [0.25, 0.3) is 0 Å². The van der Waals surface area contributed by atoms with Gasteiger partial charge in [-0.2, -0.15) is 0 Å². The van der Waals surface area contributed by atoms with E-state index in [0.29, 0.717) is 16.3 Å². The quantitative estimate of drug-likeness (QED) is 0.652. The lowest BCUT2D eigenvalue weighted by Crippen LogP contribution is -2.01. The molecule has 0 spiro atoms. The van der Waals surface area contributed by atoms with Crippen LogP contribution in [-0.2, 0) is 0 Å². The minimum Gasteiger partial charge on any atom is -0.396 e. The van der Waals surface area contributed by atoms with Crippen LogP contribution >= 0.6 is 23.4 Å². The summed E-state index contributed by atoms with van der Waals surface area (Å²) >= 11 is 7.61. The molecule has 1 heterocycles. The van der Waals surface area contributed by atoms with Crippen molar-refractivity contribution in [3.8, 4) is 0 Å². The molecule has 5 heteroatoms. The predicted octanol–water partition coefficient (Wildman–Crippen LogP) is 2.87. The van der Waals surface area contributed by atoms with E-state index in [1.165, 1.54) is 12.8 Å². The first-order chi connectivity index (χ1) is 7.69. The Morgan fingerprint density at radius 1 is 1.56 bits per heavy atom. The normalized spacial score (nSPS) is 17.4. The molecule has 1 fully saturated rings. The minimum atomic E-state index is 0.211. The van der Waals surface area contributed by atoms with Gasteiger partial charge in [-0.05, 0) is 19.3 Å². The zero-order chi connectivity index (χ0) is 11.5. The van der Waals surface area contributed by atoms with Gasteiger partial charge >= 0.3 is 0 Å². The molecule has 0 saturated heterocycles. The number of rotatable bonds is 5. The summed E-state index contributed by atoms with van der Waals surface area (Å²) in [6.07, 6.45) is 3.12. The van der Waals surface area contributed by atoms with Gasteiger partial charge in [0.05, 0.1) is 0 Å². The Bertz CT molecular complexity index is 371. The van der Waals surface area contributed by atoms with Crippen molar-refractivity contribution < 1.29 is 5.11 Å². The second-order valence-electron chi connectivity index (χ2n) is 4.10. The Hall–Kier alpha value is -0.320. The number of aliphatic hydroxyl groups is 1. The highest BCUT2D eigenvalue weighted by Crippen LogP contribution is 2.39. The van der Waals surface area contributed by atoms with Crippen LogP contribution in [-0.4, -0.2) is 26.9 Å². The standard InChI is InChI=1S/C11H15ClN2OS/c1-7(4-5-15)16-10-6-9(12)13-11(14-10)8-2-3-8/h6-8,15H,2-5H2,1H3. The number of aliphatic hydroxyl groups excluding tert-OH is 1. The third kappa shape index (κ3) is 3.34.